The summed E-state index contributed by atoms with van der Waals surface area (Å²) in [5.74, 6) is -0.672. The number of carbonyl (C=O) groups is 5. The fourth-order valence-corrected chi connectivity index (χ4v) is 11.8. The lowest BCUT2D eigenvalue weighted by Crippen LogP contribution is -2.52. The van der Waals surface area contributed by atoms with E-state index in [-0.39, 0.29) is 65.5 Å². The lowest BCUT2D eigenvalue weighted by atomic mass is 9.49. The molecular formula is C60H109NO10. The third kappa shape index (κ3) is 32.3. The van der Waals surface area contributed by atoms with E-state index in [4.69, 9.17) is 23.7 Å². The van der Waals surface area contributed by atoms with Crippen LogP contribution in [0.4, 0.5) is 0 Å². The summed E-state index contributed by atoms with van der Waals surface area (Å²) >= 11 is 0. The summed E-state index contributed by atoms with van der Waals surface area (Å²) in [5, 5.41) is 0. The van der Waals surface area contributed by atoms with Crippen molar-refractivity contribution in [2.45, 2.75) is 279 Å². The average Bonchev–Trinajstić information content (AvgIpc) is 3.33. The first-order valence-corrected chi connectivity index (χ1v) is 29.8. The molecule has 0 aliphatic heterocycles. The minimum absolute atomic E-state index is 0.151. The zero-order valence-electron chi connectivity index (χ0n) is 46.9. The second-order valence-electron chi connectivity index (χ2n) is 23.0. The highest BCUT2D eigenvalue weighted by molar-refractivity contribution is 5.71. The largest absolute Gasteiger partial charge is 0.466 e. The molecule has 11 nitrogen and oxygen atoms in total. The van der Waals surface area contributed by atoms with Crippen LogP contribution in [0.25, 0.3) is 0 Å². The number of ether oxygens (including phenoxy) is 5. The Kier molecular flexibility index (Phi) is 36.1. The fourth-order valence-electron chi connectivity index (χ4n) is 11.8. The van der Waals surface area contributed by atoms with E-state index in [0.29, 0.717) is 77.3 Å². The molecule has 2 aliphatic rings. The standard InChI is InChI=1S/C60H109NO10/c1-7-11-13-15-17-19-21-23-25-27-29-36-53(62)67-42-33-31-38-55(64)69-49-58(5)44-52-45-59(6,50-70-57(66)40-35-41-61(9-3)10-4)48-60(46-52,47-58)51-71-56(65)39-32-34-43-68-54(63)37-30-28-26-24-22-20-18-16-14-12-8-2/h52H,7-51H2,1-6H3. The van der Waals surface area contributed by atoms with Gasteiger partial charge in [-0.05, 0) is 103 Å². The van der Waals surface area contributed by atoms with E-state index in [9.17, 15) is 24.0 Å². The monoisotopic (exact) mass is 1000 g/mol. The Labute approximate surface area is 434 Å². The van der Waals surface area contributed by atoms with Gasteiger partial charge in [0.05, 0.1) is 33.0 Å². The molecule has 0 aromatic heterocycles. The first-order valence-electron chi connectivity index (χ1n) is 29.8. The molecule has 0 amide bonds. The number of rotatable bonds is 46. The summed E-state index contributed by atoms with van der Waals surface area (Å²) in [6.07, 6.45) is 36.4. The molecule has 2 saturated carbocycles. The predicted octanol–water partition coefficient (Wildman–Crippen LogP) is 15.2. The van der Waals surface area contributed by atoms with Crippen LogP contribution in [-0.4, -0.2) is 87.4 Å². The van der Waals surface area contributed by atoms with E-state index in [2.05, 4.69) is 46.4 Å². The van der Waals surface area contributed by atoms with Crippen LogP contribution in [0.3, 0.4) is 0 Å². The number of esters is 5. The second-order valence-corrected chi connectivity index (χ2v) is 23.0. The summed E-state index contributed by atoms with van der Waals surface area (Å²) in [4.78, 5) is 66.1. The molecule has 4 unspecified atom stereocenters. The summed E-state index contributed by atoms with van der Waals surface area (Å²) in [5.41, 5.74) is -0.909. The summed E-state index contributed by atoms with van der Waals surface area (Å²) < 4.78 is 29.0. The molecule has 0 heterocycles. The predicted molar refractivity (Wildman–Crippen MR) is 287 cm³/mol. The molecule has 0 saturated heterocycles. The van der Waals surface area contributed by atoms with Crippen LogP contribution in [0.15, 0.2) is 0 Å². The molecule has 2 aliphatic carbocycles. The van der Waals surface area contributed by atoms with Crippen molar-refractivity contribution in [1.82, 2.24) is 4.90 Å². The molecule has 0 spiro atoms. The van der Waals surface area contributed by atoms with Crippen molar-refractivity contribution < 1.29 is 47.7 Å². The van der Waals surface area contributed by atoms with Gasteiger partial charge in [0.15, 0.2) is 0 Å². The topological polar surface area (TPSA) is 135 Å². The van der Waals surface area contributed by atoms with Gasteiger partial charge in [0, 0.05) is 48.3 Å². The van der Waals surface area contributed by atoms with Crippen molar-refractivity contribution in [3.63, 3.8) is 0 Å². The Morgan fingerprint density at radius 3 is 1.06 bits per heavy atom. The lowest BCUT2D eigenvalue weighted by Gasteiger charge is -2.57. The number of fused-ring (bicyclic) bond motifs is 2. The van der Waals surface area contributed by atoms with Gasteiger partial charge >= 0.3 is 29.8 Å². The summed E-state index contributed by atoms with van der Waals surface area (Å²) in [6.45, 7) is 17.5. The van der Waals surface area contributed by atoms with Gasteiger partial charge in [-0.2, -0.15) is 0 Å². The van der Waals surface area contributed by atoms with Crippen LogP contribution in [0.2, 0.25) is 0 Å². The minimum atomic E-state index is -0.344. The van der Waals surface area contributed by atoms with E-state index in [1.807, 2.05) is 0 Å². The second kappa shape index (κ2) is 39.7. The molecule has 2 fully saturated rings. The molecule has 2 bridgehead atoms. The number of unbranched alkanes of at least 4 members (excludes halogenated alkanes) is 22. The van der Waals surface area contributed by atoms with Gasteiger partial charge in [-0.25, -0.2) is 0 Å². The van der Waals surface area contributed by atoms with Gasteiger partial charge < -0.3 is 28.6 Å². The van der Waals surface area contributed by atoms with Gasteiger partial charge in [-0.3, -0.25) is 24.0 Å². The van der Waals surface area contributed by atoms with Crippen molar-refractivity contribution >= 4 is 29.8 Å². The number of nitrogens with zero attached hydrogens (tertiary/aromatic N) is 1. The van der Waals surface area contributed by atoms with Crippen molar-refractivity contribution in [1.29, 1.82) is 0 Å². The van der Waals surface area contributed by atoms with E-state index in [0.717, 1.165) is 83.8 Å². The Bertz CT molecular complexity index is 1420. The quantitative estimate of drug-likeness (QED) is 0.0328. The number of hydrogen-bond acceptors (Lipinski definition) is 11. The molecule has 11 heteroatoms. The van der Waals surface area contributed by atoms with E-state index >= 15 is 0 Å². The maximum Gasteiger partial charge on any atom is 0.305 e. The molecule has 0 N–H and O–H groups in total. The van der Waals surface area contributed by atoms with Crippen LogP contribution in [0, 0.1) is 22.2 Å². The normalized spacial score (nSPS) is 20.7. The third-order valence-electron chi connectivity index (χ3n) is 15.4. The lowest BCUT2D eigenvalue weighted by molar-refractivity contribution is -0.168. The Hall–Kier alpha value is -2.69. The van der Waals surface area contributed by atoms with Crippen LogP contribution in [0.1, 0.15) is 279 Å². The third-order valence-corrected chi connectivity index (χ3v) is 15.4. The van der Waals surface area contributed by atoms with E-state index in [1.165, 1.54) is 116 Å². The first kappa shape index (κ1) is 64.4. The van der Waals surface area contributed by atoms with Gasteiger partial charge in [-0.15, -0.1) is 0 Å². The Balaban J connectivity index is 1.78. The minimum Gasteiger partial charge on any atom is -0.466 e. The van der Waals surface area contributed by atoms with Crippen LogP contribution >= 0.6 is 0 Å². The van der Waals surface area contributed by atoms with Gasteiger partial charge in [0.25, 0.3) is 0 Å². The number of carbonyl (C=O) groups excluding carboxylic acids is 5. The highest BCUT2D eigenvalue weighted by Gasteiger charge is 2.55. The maximum atomic E-state index is 13.2. The smallest absolute Gasteiger partial charge is 0.305 e. The van der Waals surface area contributed by atoms with Gasteiger partial charge in [0.2, 0.25) is 0 Å². The molecule has 4 atom stereocenters. The van der Waals surface area contributed by atoms with E-state index < -0.39 is 0 Å². The zero-order chi connectivity index (χ0) is 51.9. The SMILES string of the molecule is CCCCCCCCCCCCCC(=O)OCCCCC(=O)OCC1(C)CC2CC(C)(COC(=O)CCCN(CC)CC)CC(COC(=O)CCCCOC(=O)CCCCCCCCCCCCC)(C2)C1. The van der Waals surface area contributed by atoms with Crippen LogP contribution in [0.5, 0.6) is 0 Å². The number of hydrogen-bond donors (Lipinski definition) is 0. The first-order chi connectivity index (χ1) is 34.3. The zero-order valence-corrected chi connectivity index (χ0v) is 46.9. The van der Waals surface area contributed by atoms with Crippen molar-refractivity contribution in [2.75, 3.05) is 52.7 Å². The molecule has 414 valence electrons. The highest BCUT2D eigenvalue weighted by Crippen LogP contribution is 2.60. The highest BCUT2D eigenvalue weighted by atomic mass is 16.5. The van der Waals surface area contributed by atoms with Gasteiger partial charge in [-0.1, -0.05) is 170 Å². The summed E-state index contributed by atoms with van der Waals surface area (Å²) in [7, 11) is 0. The molecule has 2 rings (SSSR count). The van der Waals surface area contributed by atoms with E-state index in [1.54, 1.807) is 0 Å². The fraction of sp³-hybridized carbons (Fsp3) is 0.917. The van der Waals surface area contributed by atoms with Crippen LogP contribution < -0.4 is 0 Å². The average molecular weight is 1000 g/mol. The van der Waals surface area contributed by atoms with Gasteiger partial charge in [0.1, 0.15) is 0 Å². The molecule has 0 aromatic carbocycles. The van der Waals surface area contributed by atoms with Crippen LogP contribution in [-0.2, 0) is 47.7 Å². The molecule has 71 heavy (non-hydrogen) atoms. The van der Waals surface area contributed by atoms with Crippen molar-refractivity contribution in [3.8, 4) is 0 Å². The Morgan fingerprint density at radius 1 is 0.380 bits per heavy atom. The maximum absolute atomic E-state index is 13.2. The summed E-state index contributed by atoms with van der Waals surface area (Å²) in [6, 6.07) is 0. The molecule has 0 radical (unpaired) electrons. The Morgan fingerprint density at radius 2 is 0.690 bits per heavy atom. The van der Waals surface area contributed by atoms with Crippen molar-refractivity contribution in [2.24, 2.45) is 22.2 Å². The molecule has 0 aromatic rings. The van der Waals surface area contributed by atoms with Crippen molar-refractivity contribution in [3.05, 3.63) is 0 Å². The molecular weight excluding hydrogens is 895 g/mol.